The summed E-state index contributed by atoms with van der Waals surface area (Å²) in [5.74, 6) is -5.06. The van der Waals surface area contributed by atoms with Crippen LogP contribution in [0.5, 0.6) is 69.0 Å². The van der Waals surface area contributed by atoms with Crippen LogP contribution in [0.4, 0.5) is 0 Å². The van der Waals surface area contributed by atoms with E-state index >= 15 is 0 Å². The number of carbonyl (C=O) groups is 5. The average molecular weight is 1570 g/mol. The summed E-state index contributed by atoms with van der Waals surface area (Å²) in [6.07, 6.45) is 1.63. The monoisotopic (exact) mass is 1570 g/mol. The van der Waals surface area contributed by atoms with Gasteiger partial charge in [0.25, 0.3) is 34.7 Å². The van der Waals surface area contributed by atoms with Crippen molar-refractivity contribution in [2.24, 2.45) is 29.6 Å². The number of carbonyl (C=O) groups excluding carboxylic acids is 5. The molecule has 0 aromatic heterocycles. The summed E-state index contributed by atoms with van der Waals surface area (Å²) in [5.41, 5.74) is 1.65. The van der Waals surface area contributed by atoms with Crippen LogP contribution in [0.15, 0.2) is 191 Å². The van der Waals surface area contributed by atoms with Crippen molar-refractivity contribution in [3.05, 3.63) is 224 Å². The lowest BCUT2D eigenvalue weighted by Crippen LogP contribution is -2.26. The van der Waals surface area contributed by atoms with Crippen molar-refractivity contribution in [2.45, 2.75) is 156 Å². The number of ether oxygens (including phenoxy) is 13. The number of ketones is 5. The van der Waals surface area contributed by atoms with Gasteiger partial charge in [-0.05, 0) is 73.7 Å². The minimum atomic E-state index is -1.49. The molecule has 12 aliphatic rings. The second kappa shape index (κ2) is 28.6. The zero-order valence-electron chi connectivity index (χ0n) is 63.8. The van der Waals surface area contributed by atoms with E-state index in [1.807, 2.05) is 41.5 Å². The maximum atomic E-state index is 11.8. The first kappa shape index (κ1) is 79.0. The molecule has 6 aromatic carbocycles. The highest BCUT2D eigenvalue weighted by molar-refractivity contribution is 5.99. The van der Waals surface area contributed by atoms with Crippen molar-refractivity contribution in [3.8, 4) is 69.0 Å². The maximum Gasteiger partial charge on any atom is 0.282 e. The van der Waals surface area contributed by atoms with Gasteiger partial charge in [0.15, 0.2) is 57.9 Å². The molecule has 18 rings (SSSR count). The third kappa shape index (κ3) is 14.0. The molecule has 12 unspecified atom stereocenters. The molecule has 30 heteroatoms. The largest absolute Gasteiger partial charge is 0.508 e. The van der Waals surface area contributed by atoms with Crippen LogP contribution in [0.25, 0.3) is 0 Å². The Bertz CT molecular complexity index is 5190. The van der Waals surface area contributed by atoms with Gasteiger partial charge < -0.3 is 123 Å². The van der Waals surface area contributed by atoms with Crippen LogP contribution in [0.2, 0.25) is 0 Å². The molecular formula is C84H84O30. The summed E-state index contributed by atoms with van der Waals surface area (Å²) in [6.45, 7) is 24.7. The van der Waals surface area contributed by atoms with E-state index in [0.29, 0.717) is 106 Å². The Morgan fingerprint density at radius 2 is 0.596 bits per heavy atom. The van der Waals surface area contributed by atoms with Crippen molar-refractivity contribution < 1.29 is 147 Å². The lowest BCUT2D eigenvalue weighted by Gasteiger charge is -2.28. The minimum absolute atomic E-state index is 0.00680. The van der Waals surface area contributed by atoms with Gasteiger partial charge in [-0.3, -0.25) is 24.0 Å². The topological polar surface area (TPSA) is 448 Å². The van der Waals surface area contributed by atoms with E-state index in [4.69, 9.17) is 61.6 Å². The molecule has 5 aliphatic carbocycles. The van der Waals surface area contributed by atoms with Gasteiger partial charge in [-0.25, -0.2) is 0 Å². The minimum Gasteiger partial charge on any atom is -0.508 e. The van der Waals surface area contributed by atoms with Crippen LogP contribution >= 0.6 is 0 Å². The Morgan fingerprint density at radius 1 is 0.289 bits per heavy atom. The van der Waals surface area contributed by atoms with Crippen LogP contribution in [0, 0.1) is 29.6 Å². The summed E-state index contributed by atoms with van der Waals surface area (Å²) in [7, 11) is 0. The number of hydrogen-bond acceptors (Lipinski definition) is 30. The highest BCUT2D eigenvalue weighted by Gasteiger charge is 2.56. The van der Waals surface area contributed by atoms with Crippen molar-refractivity contribution in [2.75, 3.05) is 0 Å². The molecule has 0 saturated heterocycles. The van der Waals surface area contributed by atoms with Gasteiger partial charge in [0.2, 0.25) is 63.5 Å². The molecule has 114 heavy (non-hydrogen) atoms. The van der Waals surface area contributed by atoms with Gasteiger partial charge >= 0.3 is 0 Å². The molecule has 6 aromatic rings. The van der Waals surface area contributed by atoms with Crippen LogP contribution in [0.1, 0.15) is 149 Å². The average Bonchev–Trinajstić information content (AvgIpc) is 1.61. The van der Waals surface area contributed by atoms with Gasteiger partial charge in [0.05, 0.1) is 22.3 Å². The molecular weight excluding hydrogens is 1490 g/mol. The molecule has 0 fully saturated rings. The van der Waals surface area contributed by atoms with Crippen molar-refractivity contribution in [1.29, 1.82) is 0 Å². The molecule has 7 aliphatic heterocycles. The number of phenols is 12. The molecule has 600 valence electrons. The fraction of sp³-hybridized carbons (Fsp3) is 0.345. The van der Waals surface area contributed by atoms with Gasteiger partial charge in [-0.1, -0.05) is 65.5 Å². The number of rotatable bonds is 6. The molecule has 12 atom stereocenters. The van der Waals surface area contributed by atoms with E-state index in [9.17, 15) is 85.3 Å². The zero-order valence-corrected chi connectivity index (χ0v) is 63.8. The summed E-state index contributed by atoms with van der Waals surface area (Å²) < 4.78 is 73.7. The molecule has 0 spiro atoms. The van der Waals surface area contributed by atoms with Crippen molar-refractivity contribution >= 4 is 28.9 Å². The van der Waals surface area contributed by atoms with Gasteiger partial charge in [-0.2, -0.15) is 0 Å². The third-order valence-corrected chi connectivity index (χ3v) is 20.7. The summed E-state index contributed by atoms with van der Waals surface area (Å²) in [4.78, 5) is 58.8. The first-order valence-corrected chi connectivity index (χ1v) is 36.3. The van der Waals surface area contributed by atoms with Crippen LogP contribution in [-0.2, 0) is 120 Å². The molecule has 12 N–H and O–H groups in total. The van der Waals surface area contributed by atoms with Crippen LogP contribution < -0.4 is 0 Å². The number of Topliss-reactive ketones (excluding diaryl/α,β-unsaturated/α-hetero) is 5. The Kier molecular flexibility index (Phi) is 19.8. The van der Waals surface area contributed by atoms with E-state index in [1.54, 1.807) is 77.1 Å². The second-order valence-electron chi connectivity index (χ2n) is 30.0. The Morgan fingerprint density at radius 3 is 1.02 bits per heavy atom. The lowest BCUT2D eigenvalue weighted by atomic mass is 10.0. The summed E-state index contributed by atoms with van der Waals surface area (Å²) >= 11 is 0. The zero-order chi connectivity index (χ0) is 82.7. The van der Waals surface area contributed by atoms with E-state index in [-0.39, 0.29) is 168 Å². The molecule has 0 radical (unpaired) electrons. The van der Waals surface area contributed by atoms with Gasteiger partial charge in [0.1, 0.15) is 68.6 Å². The molecule has 0 saturated carbocycles. The Balaban J connectivity index is 0.000000119. The Hall–Kier alpha value is -13.2. The summed E-state index contributed by atoms with van der Waals surface area (Å²) in [5, 5.41) is 117. The van der Waals surface area contributed by atoms with E-state index < -0.39 is 34.7 Å². The summed E-state index contributed by atoms with van der Waals surface area (Å²) in [6, 6.07) is 26.2. The molecule has 30 nitrogen and oxygen atoms in total. The molecule has 7 heterocycles. The lowest BCUT2D eigenvalue weighted by molar-refractivity contribution is -0.162. The smallest absolute Gasteiger partial charge is 0.282 e. The first-order chi connectivity index (χ1) is 53.5. The third-order valence-electron chi connectivity index (χ3n) is 20.7. The number of benzene rings is 6. The predicted octanol–water partition coefficient (Wildman–Crippen LogP) is 13.2. The Labute approximate surface area is 651 Å². The number of allylic oxidation sites excluding steroid dienone is 10. The predicted molar refractivity (Wildman–Crippen MR) is 392 cm³/mol. The van der Waals surface area contributed by atoms with E-state index in [1.165, 1.54) is 61.5 Å². The second-order valence-corrected chi connectivity index (χ2v) is 30.0. The van der Waals surface area contributed by atoms with Gasteiger partial charge in [0, 0.05) is 121 Å². The van der Waals surface area contributed by atoms with Gasteiger partial charge in [-0.15, -0.1) is 0 Å². The highest BCUT2D eigenvalue weighted by Crippen LogP contribution is 2.57. The molecule has 0 bridgehead atoms. The number of para-hydroxylation sites is 2. The standard InChI is InChI=1S/C14H14O6.4C14H14O5.C14H14O4/c1-6-3-10(18)13-12(6)19-14(2,20-13)11-8(16)4-7(15)5-9(11)17;1-7-12-13(8(2)17-7)19-14(3,18-12)10-5-4-9(15)6-11(10)16;1-7-5-11(17)13-12(7)18-14(2,19-13)9-6-8(15)3-4-10(9)16;1-7-6-10(17)13-12(7)18-14(2,19-13)11-8(15)4-3-5-9(11)16;1-7-6-10(16)13-12(7)18-14(2,19-13)8-4-3-5-9(15)11(8)17;1-8-7-11(16)13-12(8)17-14(2,18-13)9-5-3-4-6-10(9)15/h4-6,15-17H,3H2,1-2H3;4-6,8,15-16H,1H2,2-3H3;3-4,6-7,15-16H,5H2,1-2H3;3-5,7,15-16H,6H2,1-2H3;3-5,7,15,17H,6H2,1-2H3;3-6,8,15H,7H2,1-2H3. The normalized spacial score (nSPS) is 29.1. The fourth-order valence-corrected chi connectivity index (χ4v) is 15.1. The number of aromatic hydroxyl groups is 12. The molecule has 0 amide bonds. The first-order valence-electron chi connectivity index (χ1n) is 36.3. The SMILES string of the molecule is C=C1OC(C)C2=C1OC(C)(c1ccc(O)cc1O)O2.CC1CC(=O)C2=C1OC(C)(c1c(O)cc(O)cc1O)O2.CC1CC(=O)C2=C1OC(C)(c1c(O)cccc1O)O2.CC1CC(=O)C2=C1OC(C)(c1cc(O)ccc1O)O2.CC1CC(=O)C2=C1OC(C)(c1cccc(O)c1O)O2.CC1CC(=O)C2=C1OC(C)(c1ccccc1O)O2. The number of phenolic OH excluding ortho intramolecular Hbond substituents is 12. The fourth-order valence-electron chi connectivity index (χ4n) is 15.1. The van der Waals surface area contributed by atoms with Crippen LogP contribution in [0.3, 0.4) is 0 Å². The highest BCUT2D eigenvalue weighted by atomic mass is 16.8. The maximum absolute atomic E-state index is 11.8. The van der Waals surface area contributed by atoms with Crippen LogP contribution in [-0.4, -0.2) is 96.3 Å². The quantitative estimate of drug-likeness (QED) is 0.0544. The van der Waals surface area contributed by atoms with Crippen molar-refractivity contribution in [1.82, 2.24) is 0 Å². The number of hydrogen-bond donors (Lipinski definition) is 12. The van der Waals surface area contributed by atoms with E-state index in [0.717, 1.165) is 12.1 Å². The van der Waals surface area contributed by atoms with Crippen molar-refractivity contribution in [3.63, 3.8) is 0 Å². The van der Waals surface area contributed by atoms with E-state index in [2.05, 4.69) is 6.58 Å².